The van der Waals surface area contributed by atoms with Crippen molar-refractivity contribution in [2.45, 2.75) is 25.3 Å². The molecule has 1 atom stereocenters. The van der Waals surface area contributed by atoms with Crippen LogP contribution in [0.1, 0.15) is 19.8 Å². The summed E-state index contributed by atoms with van der Waals surface area (Å²) < 4.78 is 14.7. The van der Waals surface area contributed by atoms with E-state index in [2.05, 4.69) is 20.4 Å². The van der Waals surface area contributed by atoms with Gasteiger partial charge in [-0.15, -0.1) is 5.10 Å². The average molecular weight is 340 g/mol. The summed E-state index contributed by atoms with van der Waals surface area (Å²) in [6.07, 6.45) is 6.43. The minimum Gasteiger partial charge on any atom is -0.325 e. The third-order valence-corrected chi connectivity index (χ3v) is 4.63. The lowest BCUT2D eigenvalue weighted by Gasteiger charge is -2.33. The normalized spacial score (nSPS) is 20.2. The molecule has 3 aromatic rings. The van der Waals surface area contributed by atoms with Gasteiger partial charge in [0, 0.05) is 12.7 Å². The number of nitrogens with one attached hydrogen (secondary N) is 1. The number of anilines is 2. The van der Waals surface area contributed by atoms with Crippen molar-refractivity contribution in [2.24, 2.45) is 0 Å². The number of halogens is 1. The number of carbonyl (C=O) groups is 1. The van der Waals surface area contributed by atoms with Gasteiger partial charge < -0.3 is 10.2 Å². The van der Waals surface area contributed by atoms with Crippen molar-refractivity contribution < 1.29 is 9.18 Å². The van der Waals surface area contributed by atoms with Crippen LogP contribution in [0.15, 0.2) is 42.9 Å². The highest BCUT2D eigenvalue weighted by atomic mass is 19.1. The highest BCUT2D eigenvalue weighted by Crippen LogP contribution is 2.33. The molecule has 0 aliphatic carbocycles. The van der Waals surface area contributed by atoms with Crippen molar-refractivity contribution >= 4 is 23.1 Å². The maximum absolute atomic E-state index is 12.9. The maximum atomic E-state index is 12.9. The lowest BCUT2D eigenvalue weighted by Crippen LogP contribution is -2.51. The van der Waals surface area contributed by atoms with Crippen LogP contribution in [0.4, 0.5) is 16.0 Å². The van der Waals surface area contributed by atoms with Crippen LogP contribution in [-0.4, -0.2) is 37.6 Å². The van der Waals surface area contributed by atoms with E-state index in [0.717, 1.165) is 11.9 Å². The molecule has 1 aliphatic rings. The molecule has 128 valence electrons. The largest absolute Gasteiger partial charge is 0.325 e. The summed E-state index contributed by atoms with van der Waals surface area (Å²) in [5.41, 5.74) is 0.572. The van der Waals surface area contributed by atoms with E-state index in [0.29, 0.717) is 24.6 Å². The molecule has 1 amide bonds. The first kappa shape index (κ1) is 15.5. The van der Waals surface area contributed by atoms with Gasteiger partial charge in [0.2, 0.25) is 17.8 Å². The topological polar surface area (TPSA) is 75.4 Å². The Morgan fingerprint density at radius 3 is 2.96 bits per heavy atom. The first-order chi connectivity index (χ1) is 12.1. The third-order valence-electron chi connectivity index (χ3n) is 4.63. The van der Waals surface area contributed by atoms with Gasteiger partial charge in [-0.25, -0.2) is 14.5 Å². The molecule has 0 spiro atoms. The van der Waals surface area contributed by atoms with Crippen molar-refractivity contribution in [1.82, 2.24) is 19.6 Å². The monoisotopic (exact) mass is 340 g/mol. The number of fused-ring (bicyclic) bond motifs is 1. The summed E-state index contributed by atoms with van der Waals surface area (Å²) >= 11 is 0. The second-order valence-corrected chi connectivity index (χ2v) is 6.29. The predicted octanol–water partition coefficient (Wildman–Crippen LogP) is 2.26. The van der Waals surface area contributed by atoms with E-state index >= 15 is 0 Å². The van der Waals surface area contributed by atoms with E-state index in [1.54, 1.807) is 10.7 Å². The fourth-order valence-corrected chi connectivity index (χ4v) is 3.18. The molecule has 3 aromatic heterocycles. The lowest BCUT2D eigenvalue weighted by molar-refractivity contribution is -0.120. The number of pyridine rings is 1. The first-order valence-corrected chi connectivity index (χ1v) is 8.07. The van der Waals surface area contributed by atoms with Crippen LogP contribution in [0, 0.1) is 5.95 Å². The Hall–Kier alpha value is -3.03. The van der Waals surface area contributed by atoms with Crippen molar-refractivity contribution in [2.75, 3.05) is 16.8 Å². The second kappa shape index (κ2) is 5.80. The molecule has 4 rings (SSSR count). The highest BCUT2D eigenvalue weighted by Gasteiger charge is 2.44. The molecule has 0 radical (unpaired) electrons. The lowest BCUT2D eigenvalue weighted by atomic mass is 9.98. The van der Waals surface area contributed by atoms with Crippen LogP contribution in [0.2, 0.25) is 0 Å². The van der Waals surface area contributed by atoms with Gasteiger partial charge in [-0.2, -0.15) is 4.39 Å². The fraction of sp³-hybridized carbons (Fsp3) is 0.294. The predicted molar refractivity (Wildman–Crippen MR) is 90.8 cm³/mol. The van der Waals surface area contributed by atoms with E-state index < -0.39 is 11.5 Å². The summed E-state index contributed by atoms with van der Waals surface area (Å²) in [5, 5.41) is 7.31. The molecule has 25 heavy (non-hydrogen) atoms. The van der Waals surface area contributed by atoms with Gasteiger partial charge in [0.1, 0.15) is 5.54 Å². The summed E-state index contributed by atoms with van der Waals surface area (Å²) in [7, 11) is 0. The number of aromatic nitrogens is 4. The third kappa shape index (κ3) is 2.69. The van der Waals surface area contributed by atoms with Crippen LogP contribution in [0.5, 0.6) is 0 Å². The molecule has 1 N–H and O–H groups in total. The van der Waals surface area contributed by atoms with E-state index in [4.69, 9.17) is 0 Å². The highest BCUT2D eigenvalue weighted by molar-refractivity contribution is 6.00. The van der Waals surface area contributed by atoms with Crippen LogP contribution in [-0.2, 0) is 4.79 Å². The van der Waals surface area contributed by atoms with Gasteiger partial charge in [0.15, 0.2) is 0 Å². The Balaban J connectivity index is 1.61. The van der Waals surface area contributed by atoms with Gasteiger partial charge in [-0.05, 0) is 44.0 Å². The van der Waals surface area contributed by atoms with E-state index in [1.807, 2.05) is 30.2 Å². The zero-order valence-corrected chi connectivity index (χ0v) is 13.7. The number of rotatable bonds is 3. The summed E-state index contributed by atoms with van der Waals surface area (Å²) in [6, 6.07) is 6.52. The minimum atomic E-state index is -0.783. The Morgan fingerprint density at radius 2 is 2.16 bits per heavy atom. The fourth-order valence-electron chi connectivity index (χ4n) is 3.18. The Morgan fingerprint density at radius 1 is 1.28 bits per heavy atom. The van der Waals surface area contributed by atoms with Crippen molar-refractivity contribution in [3.8, 4) is 0 Å². The zero-order valence-electron chi connectivity index (χ0n) is 13.7. The Bertz CT molecular complexity index is 924. The summed E-state index contributed by atoms with van der Waals surface area (Å²) in [5.74, 6) is -0.258. The van der Waals surface area contributed by atoms with Gasteiger partial charge >= 0.3 is 0 Å². The van der Waals surface area contributed by atoms with Crippen molar-refractivity contribution in [3.63, 3.8) is 0 Å². The standard InChI is InChI=1S/C17H17FN6O/c1-17(15(25)21-12-5-6-14(18)19-10-12)7-3-8-23(17)16-20-11-13-4-2-9-24(13)22-16/h2,4-6,9-11H,3,7-8H2,1H3,(H,21,25). The van der Waals surface area contributed by atoms with E-state index in [9.17, 15) is 9.18 Å². The molecule has 1 fully saturated rings. The van der Waals surface area contributed by atoms with Crippen molar-refractivity contribution in [1.29, 1.82) is 0 Å². The van der Waals surface area contributed by atoms with Gasteiger partial charge in [-0.1, -0.05) is 0 Å². The average Bonchev–Trinajstić information content (AvgIpc) is 3.23. The number of hydrogen-bond donors (Lipinski definition) is 1. The van der Waals surface area contributed by atoms with Gasteiger partial charge in [0.05, 0.1) is 23.6 Å². The molecule has 0 saturated carbocycles. The molecule has 0 aromatic carbocycles. The maximum Gasteiger partial charge on any atom is 0.250 e. The van der Waals surface area contributed by atoms with Crippen LogP contribution in [0.25, 0.3) is 5.52 Å². The van der Waals surface area contributed by atoms with Gasteiger partial charge in [0.25, 0.3) is 0 Å². The van der Waals surface area contributed by atoms with Crippen LogP contribution >= 0.6 is 0 Å². The molecule has 7 nitrogen and oxygen atoms in total. The quantitative estimate of drug-likeness (QED) is 0.740. The molecular weight excluding hydrogens is 323 g/mol. The molecular formula is C17H17FN6O. The number of amides is 1. The first-order valence-electron chi connectivity index (χ1n) is 8.07. The van der Waals surface area contributed by atoms with Crippen LogP contribution < -0.4 is 10.2 Å². The summed E-state index contributed by atoms with van der Waals surface area (Å²) in [4.78, 5) is 22.8. The molecule has 4 heterocycles. The number of carbonyl (C=O) groups excluding carboxylic acids is 1. The van der Waals surface area contributed by atoms with Crippen molar-refractivity contribution in [3.05, 3.63) is 48.8 Å². The van der Waals surface area contributed by atoms with E-state index in [-0.39, 0.29) is 5.91 Å². The smallest absolute Gasteiger partial charge is 0.250 e. The molecule has 8 heteroatoms. The number of hydrogen-bond acceptors (Lipinski definition) is 5. The molecule has 0 bridgehead atoms. The molecule has 1 unspecified atom stereocenters. The van der Waals surface area contributed by atoms with Crippen LogP contribution in [0.3, 0.4) is 0 Å². The summed E-state index contributed by atoms with van der Waals surface area (Å²) in [6.45, 7) is 2.56. The zero-order chi connectivity index (χ0) is 17.4. The minimum absolute atomic E-state index is 0.186. The molecule has 1 aliphatic heterocycles. The second-order valence-electron chi connectivity index (χ2n) is 6.29. The van der Waals surface area contributed by atoms with Gasteiger partial charge in [-0.3, -0.25) is 4.79 Å². The molecule has 1 saturated heterocycles. The Kier molecular flexibility index (Phi) is 3.60. The number of nitrogens with zero attached hydrogens (tertiary/aromatic N) is 5. The Labute approximate surface area is 143 Å². The van der Waals surface area contributed by atoms with E-state index in [1.165, 1.54) is 18.3 Å². The SMILES string of the molecule is CC1(C(=O)Nc2ccc(F)nc2)CCCN1c1ncc2cccn2n1.